The van der Waals surface area contributed by atoms with Crippen molar-refractivity contribution in [1.82, 2.24) is 4.57 Å². The van der Waals surface area contributed by atoms with Crippen molar-refractivity contribution >= 4 is 27.5 Å². The first-order chi connectivity index (χ1) is 9.81. The molecule has 7 heteroatoms. The monoisotopic (exact) mass is 360 g/mol. The number of nitrogens with one attached hydrogen (secondary N) is 1. The summed E-state index contributed by atoms with van der Waals surface area (Å²) in [5, 5.41) is 2.24. The van der Waals surface area contributed by atoms with E-state index >= 15 is 0 Å². The van der Waals surface area contributed by atoms with E-state index in [0.717, 1.165) is 12.1 Å². The van der Waals surface area contributed by atoms with E-state index in [-0.39, 0.29) is 11.7 Å². The maximum atomic E-state index is 13.6. The van der Waals surface area contributed by atoms with Gasteiger partial charge in [-0.25, -0.2) is 13.2 Å². The van der Waals surface area contributed by atoms with Crippen LogP contribution in [0.5, 0.6) is 0 Å². The Hall–Kier alpha value is -1.76. The van der Waals surface area contributed by atoms with E-state index in [9.17, 15) is 18.0 Å². The fourth-order valence-corrected chi connectivity index (χ4v) is 2.30. The maximum absolute atomic E-state index is 13.6. The third-order valence-electron chi connectivity index (χ3n) is 2.89. The van der Waals surface area contributed by atoms with Gasteiger partial charge in [-0.1, -0.05) is 0 Å². The molecule has 1 heterocycles. The van der Waals surface area contributed by atoms with Crippen molar-refractivity contribution in [3.63, 3.8) is 0 Å². The van der Waals surface area contributed by atoms with Crippen molar-refractivity contribution in [3.8, 4) is 0 Å². The lowest BCUT2D eigenvalue weighted by atomic mass is 10.2. The predicted molar refractivity (Wildman–Crippen MR) is 76.8 cm³/mol. The normalized spacial score (nSPS) is 11.0. The van der Waals surface area contributed by atoms with E-state index in [2.05, 4.69) is 21.2 Å². The number of benzene rings is 1. The zero-order valence-electron chi connectivity index (χ0n) is 11.3. The number of carbonyl (C=O) groups excluding carboxylic acids is 1. The smallest absolute Gasteiger partial charge is 0.272 e. The Morgan fingerprint density at radius 2 is 1.90 bits per heavy atom. The summed E-state index contributed by atoms with van der Waals surface area (Å²) >= 11 is 3.26. The first-order valence-corrected chi connectivity index (χ1v) is 6.92. The van der Waals surface area contributed by atoms with Gasteiger partial charge in [-0.05, 0) is 48.0 Å². The van der Waals surface area contributed by atoms with Crippen molar-refractivity contribution in [2.45, 2.75) is 19.9 Å². The highest BCUT2D eigenvalue weighted by Gasteiger charge is 2.19. The Bertz CT molecular complexity index is 698. The summed E-state index contributed by atoms with van der Waals surface area (Å²) in [7, 11) is 0. The number of aromatic nitrogens is 1. The summed E-state index contributed by atoms with van der Waals surface area (Å²) < 4.78 is 41.9. The van der Waals surface area contributed by atoms with Gasteiger partial charge in [0.25, 0.3) is 5.91 Å². The summed E-state index contributed by atoms with van der Waals surface area (Å²) in [6, 6.07) is 3.30. The average molecular weight is 361 g/mol. The molecule has 112 valence electrons. The zero-order valence-corrected chi connectivity index (χ0v) is 12.8. The molecule has 0 unspecified atom stereocenters. The molecule has 0 saturated heterocycles. The van der Waals surface area contributed by atoms with Crippen LogP contribution in [0.3, 0.4) is 0 Å². The minimum Gasteiger partial charge on any atom is -0.340 e. The van der Waals surface area contributed by atoms with Gasteiger partial charge in [-0.3, -0.25) is 4.79 Å². The molecule has 1 N–H and O–H groups in total. The van der Waals surface area contributed by atoms with Crippen molar-refractivity contribution in [1.29, 1.82) is 0 Å². The van der Waals surface area contributed by atoms with Gasteiger partial charge in [0.1, 0.15) is 5.69 Å². The summed E-state index contributed by atoms with van der Waals surface area (Å²) in [6.45, 7) is 3.75. The number of rotatable bonds is 3. The number of amides is 1. The highest BCUT2D eigenvalue weighted by atomic mass is 79.9. The molecule has 3 nitrogen and oxygen atoms in total. The van der Waals surface area contributed by atoms with Crippen LogP contribution in [-0.2, 0) is 0 Å². The van der Waals surface area contributed by atoms with Gasteiger partial charge in [-0.15, -0.1) is 0 Å². The summed E-state index contributed by atoms with van der Waals surface area (Å²) in [6.07, 6.45) is 1.71. The van der Waals surface area contributed by atoms with Crippen LogP contribution in [0.2, 0.25) is 0 Å². The van der Waals surface area contributed by atoms with Crippen molar-refractivity contribution < 1.29 is 18.0 Å². The van der Waals surface area contributed by atoms with E-state index in [1.165, 1.54) is 0 Å². The maximum Gasteiger partial charge on any atom is 0.272 e. The van der Waals surface area contributed by atoms with E-state index in [1.807, 2.05) is 13.8 Å². The van der Waals surface area contributed by atoms with E-state index in [4.69, 9.17) is 0 Å². The molecule has 21 heavy (non-hydrogen) atoms. The van der Waals surface area contributed by atoms with Crippen LogP contribution in [-0.4, -0.2) is 10.5 Å². The third-order valence-corrected chi connectivity index (χ3v) is 3.32. The van der Waals surface area contributed by atoms with Crippen molar-refractivity contribution in [2.24, 2.45) is 0 Å². The SMILES string of the molecule is CC(C)n1cc(Br)cc1C(=O)Nc1ccc(F)c(F)c1F. The molecule has 0 saturated carbocycles. The highest BCUT2D eigenvalue weighted by molar-refractivity contribution is 9.10. The number of halogens is 4. The Balaban J connectivity index is 2.33. The van der Waals surface area contributed by atoms with Gasteiger partial charge in [0.2, 0.25) is 0 Å². The van der Waals surface area contributed by atoms with Crippen LogP contribution >= 0.6 is 15.9 Å². The Kier molecular flexibility index (Phi) is 4.41. The molecule has 1 aromatic heterocycles. The Morgan fingerprint density at radius 1 is 1.24 bits per heavy atom. The van der Waals surface area contributed by atoms with Crippen LogP contribution < -0.4 is 5.32 Å². The van der Waals surface area contributed by atoms with E-state index in [0.29, 0.717) is 4.47 Å². The average Bonchev–Trinajstić information content (AvgIpc) is 2.82. The Morgan fingerprint density at radius 3 is 2.52 bits per heavy atom. The van der Waals surface area contributed by atoms with Gasteiger partial charge in [-0.2, -0.15) is 0 Å². The summed E-state index contributed by atoms with van der Waals surface area (Å²) in [5.74, 6) is -4.96. The molecule has 0 aliphatic heterocycles. The molecule has 2 aromatic rings. The van der Waals surface area contributed by atoms with E-state index < -0.39 is 29.0 Å². The largest absolute Gasteiger partial charge is 0.340 e. The van der Waals surface area contributed by atoms with Crippen molar-refractivity contribution in [2.75, 3.05) is 5.32 Å². The van der Waals surface area contributed by atoms with Gasteiger partial charge in [0.05, 0.1) is 5.69 Å². The molecule has 0 aliphatic carbocycles. The lowest BCUT2D eigenvalue weighted by molar-refractivity contribution is 0.101. The van der Waals surface area contributed by atoms with E-state index in [1.54, 1.807) is 16.8 Å². The molecule has 0 radical (unpaired) electrons. The number of hydrogen-bond donors (Lipinski definition) is 1. The number of nitrogens with zero attached hydrogens (tertiary/aromatic N) is 1. The predicted octanol–water partition coefficient (Wildman–Crippen LogP) is 4.50. The number of carbonyl (C=O) groups is 1. The van der Waals surface area contributed by atoms with Gasteiger partial charge >= 0.3 is 0 Å². The lowest BCUT2D eigenvalue weighted by Gasteiger charge is -2.13. The number of anilines is 1. The van der Waals surface area contributed by atoms with Crippen LogP contribution in [0.4, 0.5) is 18.9 Å². The van der Waals surface area contributed by atoms with Crippen LogP contribution in [0.25, 0.3) is 0 Å². The lowest BCUT2D eigenvalue weighted by Crippen LogP contribution is -2.18. The summed E-state index contributed by atoms with van der Waals surface area (Å²) in [5.41, 5.74) is -0.132. The Labute approximate surface area is 127 Å². The van der Waals surface area contributed by atoms with Gasteiger partial charge in [0, 0.05) is 16.7 Å². The fraction of sp³-hybridized carbons (Fsp3) is 0.214. The molecule has 0 fully saturated rings. The second-order valence-corrected chi connectivity index (χ2v) is 5.64. The molecule has 1 amide bonds. The topological polar surface area (TPSA) is 34.0 Å². The minimum atomic E-state index is -1.62. The molecular formula is C14H12BrF3N2O. The van der Waals surface area contributed by atoms with Gasteiger partial charge < -0.3 is 9.88 Å². The molecule has 1 aromatic carbocycles. The molecule has 0 spiro atoms. The zero-order chi connectivity index (χ0) is 15.7. The van der Waals surface area contributed by atoms with Crippen molar-refractivity contribution in [3.05, 3.63) is 52.0 Å². The van der Waals surface area contributed by atoms with Crippen LogP contribution in [0.15, 0.2) is 28.9 Å². The fourth-order valence-electron chi connectivity index (χ4n) is 1.86. The van der Waals surface area contributed by atoms with Gasteiger partial charge in [0.15, 0.2) is 17.5 Å². The first kappa shape index (κ1) is 15.6. The summed E-state index contributed by atoms with van der Waals surface area (Å²) in [4.78, 5) is 12.2. The minimum absolute atomic E-state index is 0.00634. The second kappa shape index (κ2) is 5.93. The quantitative estimate of drug-likeness (QED) is 0.803. The molecule has 2 rings (SSSR count). The standard InChI is InChI=1S/C14H12BrF3N2O/c1-7(2)20-6-8(15)5-11(20)14(21)19-10-4-3-9(16)12(17)13(10)18/h3-7H,1-2H3,(H,19,21). The van der Waals surface area contributed by atoms with Crippen LogP contribution in [0.1, 0.15) is 30.4 Å². The number of hydrogen-bond acceptors (Lipinski definition) is 1. The van der Waals surface area contributed by atoms with Crippen LogP contribution in [0, 0.1) is 17.5 Å². The molecule has 0 aliphatic rings. The molecule has 0 atom stereocenters. The molecule has 0 bridgehead atoms. The second-order valence-electron chi connectivity index (χ2n) is 4.72. The third kappa shape index (κ3) is 3.12. The molecular weight excluding hydrogens is 349 g/mol. The first-order valence-electron chi connectivity index (χ1n) is 6.13. The highest BCUT2D eigenvalue weighted by Crippen LogP contribution is 2.23.